The van der Waals surface area contributed by atoms with E-state index in [0.717, 1.165) is 12.0 Å². The summed E-state index contributed by atoms with van der Waals surface area (Å²) in [5.74, 6) is 0.132. The molecule has 0 bridgehead atoms. The van der Waals surface area contributed by atoms with Crippen molar-refractivity contribution >= 4 is 34.8 Å². The Morgan fingerprint density at radius 3 is 2.26 bits per heavy atom. The molecule has 0 saturated heterocycles. The molecule has 6 nitrogen and oxygen atoms in total. The number of nitrogens with one attached hydrogen (secondary N) is 3. The van der Waals surface area contributed by atoms with Gasteiger partial charge in [0.05, 0.1) is 12.1 Å². The number of rotatable bonds is 8. The molecular formula is C27H29N3O3S. The molecule has 2 unspecified atom stereocenters. The number of benzene rings is 3. The van der Waals surface area contributed by atoms with Crippen molar-refractivity contribution in [2.75, 3.05) is 5.32 Å². The van der Waals surface area contributed by atoms with Gasteiger partial charge in [-0.15, -0.1) is 0 Å². The molecule has 2 atom stereocenters. The number of ether oxygens (including phenoxy) is 1. The van der Waals surface area contributed by atoms with E-state index in [2.05, 4.69) is 16.0 Å². The van der Waals surface area contributed by atoms with Crippen LogP contribution < -0.4 is 20.7 Å². The maximum Gasteiger partial charge on any atom is 0.257 e. The van der Waals surface area contributed by atoms with Crippen molar-refractivity contribution in [2.24, 2.45) is 0 Å². The van der Waals surface area contributed by atoms with E-state index >= 15 is 0 Å². The Morgan fingerprint density at radius 1 is 0.882 bits per heavy atom. The molecule has 3 rings (SSSR count). The third-order valence-corrected chi connectivity index (χ3v) is 5.49. The molecule has 34 heavy (non-hydrogen) atoms. The van der Waals surface area contributed by atoms with Crippen LogP contribution in [0.1, 0.15) is 59.5 Å². The molecule has 2 amide bonds. The number of amides is 2. The minimum Gasteiger partial charge on any atom is -0.491 e. The minimum atomic E-state index is -0.335. The van der Waals surface area contributed by atoms with Gasteiger partial charge in [0.25, 0.3) is 11.8 Å². The Labute approximate surface area is 205 Å². The van der Waals surface area contributed by atoms with Crippen LogP contribution >= 0.6 is 12.2 Å². The molecular weight excluding hydrogens is 446 g/mol. The lowest BCUT2D eigenvalue weighted by Crippen LogP contribution is -2.34. The Bertz CT molecular complexity index is 1130. The van der Waals surface area contributed by atoms with Crippen LogP contribution in [0.2, 0.25) is 0 Å². The number of carbonyl (C=O) groups excluding carboxylic acids is 2. The second kappa shape index (κ2) is 12.0. The average molecular weight is 476 g/mol. The van der Waals surface area contributed by atoms with Gasteiger partial charge in [0, 0.05) is 16.8 Å². The van der Waals surface area contributed by atoms with Crippen molar-refractivity contribution in [3.8, 4) is 5.75 Å². The van der Waals surface area contributed by atoms with Crippen molar-refractivity contribution in [1.82, 2.24) is 10.6 Å². The van der Waals surface area contributed by atoms with Crippen molar-refractivity contribution in [3.63, 3.8) is 0 Å². The highest BCUT2D eigenvalue weighted by molar-refractivity contribution is 7.80. The van der Waals surface area contributed by atoms with Gasteiger partial charge in [-0.25, -0.2) is 0 Å². The van der Waals surface area contributed by atoms with Crippen LogP contribution in [0.25, 0.3) is 0 Å². The summed E-state index contributed by atoms with van der Waals surface area (Å²) in [5.41, 5.74) is 2.67. The third-order valence-electron chi connectivity index (χ3n) is 5.29. The molecule has 176 valence electrons. The predicted octanol–water partition coefficient (Wildman–Crippen LogP) is 5.48. The van der Waals surface area contributed by atoms with E-state index in [4.69, 9.17) is 17.0 Å². The first-order chi connectivity index (χ1) is 16.4. The van der Waals surface area contributed by atoms with Crippen molar-refractivity contribution in [3.05, 3.63) is 95.6 Å². The fourth-order valence-corrected chi connectivity index (χ4v) is 3.38. The van der Waals surface area contributed by atoms with Gasteiger partial charge in [-0.3, -0.25) is 14.9 Å². The molecule has 0 aliphatic rings. The maximum atomic E-state index is 12.6. The molecule has 0 saturated carbocycles. The van der Waals surface area contributed by atoms with E-state index < -0.39 is 0 Å². The standard InChI is InChI=1S/C27H29N3O3S/c1-4-18(2)33-24-12-8-11-22(17-24)26(32)30-27(34)29-23-15-13-21(14-16-23)25(31)28-19(3)20-9-6-5-7-10-20/h5-19H,4H2,1-3H3,(H,28,31)(H2,29,30,32,34). The third kappa shape index (κ3) is 7.15. The molecule has 3 N–H and O–H groups in total. The highest BCUT2D eigenvalue weighted by Gasteiger charge is 2.13. The molecule has 0 spiro atoms. The largest absolute Gasteiger partial charge is 0.491 e. The van der Waals surface area contributed by atoms with Crippen LogP contribution in [0, 0.1) is 0 Å². The molecule has 0 fully saturated rings. The summed E-state index contributed by atoms with van der Waals surface area (Å²) in [6, 6.07) is 23.5. The predicted molar refractivity (Wildman–Crippen MR) is 139 cm³/mol. The van der Waals surface area contributed by atoms with Crippen LogP contribution in [-0.4, -0.2) is 23.0 Å². The molecule has 7 heteroatoms. The van der Waals surface area contributed by atoms with Gasteiger partial charge in [-0.2, -0.15) is 0 Å². The summed E-state index contributed by atoms with van der Waals surface area (Å²) in [4.78, 5) is 25.1. The van der Waals surface area contributed by atoms with E-state index in [1.807, 2.05) is 57.2 Å². The zero-order valence-corrected chi connectivity index (χ0v) is 20.3. The zero-order chi connectivity index (χ0) is 24.5. The zero-order valence-electron chi connectivity index (χ0n) is 19.5. The second-order valence-electron chi connectivity index (χ2n) is 7.96. The molecule has 0 heterocycles. The van der Waals surface area contributed by atoms with E-state index in [-0.39, 0.29) is 29.1 Å². The quantitative estimate of drug-likeness (QED) is 0.376. The van der Waals surface area contributed by atoms with E-state index in [0.29, 0.717) is 22.6 Å². The van der Waals surface area contributed by atoms with E-state index in [1.165, 1.54) is 0 Å². The van der Waals surface area contributed by atoms with Crippen molar-refractivity contribution in [1.29, 1.82) is 0 Å². The Hall–Kier alpha value is -3.71. The van der Waals surface area contributed by atoms with Gasteiger partial charge in [-0.1, -0.05) is 43.3 Å². The van der Waals surface area contributed by atoms with Crippen LogP contribution in [0.5, 0.6) is 5.75 Å². The Balaban J connectivity index is 1.54. The lowest BCUT2D eigenvalue weighted by atomic mass is 10.1. The Kier molecular flexibility index (Phi) is 8.76. The smallest absolute Gasteiger partial charge is 0.257 e. The summed E-state index contributed by atoms with van der Waals surface area (Å²) >= 11 is 5.28. The molecule has 3 aromatic rings. The number of hydrogen-bond donors (Lipinski definition) is 3. The first-order valence-corrected chi connectivity index (χ1v) is 11.6. The van der Waals surface area contributed by atoms with Crippen LogP contribution in [-0.2, 0) is 0 Å². The van der Waals surface area contributed by atoms with Gasteiger partial charge >= 0.3 is 0 Å². The first kappa shape index (κ1) is 24.9. The number of carbonyl (C=O) groups is 2. The van der Waals surface area contributed by atoms with Crippen LogP contribution in [0.3, 0.4) is 0 Å². The van der Waals surface area contributed by atoms with Gasteiger partial charge < -0.3 is 15.4 Å². The normalized spacial score (nSPS) is 12.2. The number of hydrogen-bond acceptors (Lipinski definition) is 4. The average Bonchev–Trinajstić information content (AvgIpc) is 2.85. The first-order valence-electron chi connectivity index (χ1n) is 11.2. The van der Waals surface area contributed by atoms with Crippen LogP contribution in [0.4, 0.5) is 5.69 Å². The molecule has 0 radical (unpaired) electrons. The summed E-state index contributed by atoms with van der Waals surface area (Å²) in [6.45, 7) is 5.95. The highest BCUT2D eigenvalue weighted by atomic mass is 32.1. The van der Waals surface area contributed by atoms with E-state index in [1.54, 1.807) is 42.5 Å². The lowest BCUT2D eigenvalue weighted by Gasteiger charge is -2.15. The fraction of sp³-hybridized carbons (Fsp3) is 0.222. The molecule has 0 aromatic heterocycles. The number of anilines is 1. The van der Waals surface area contributed by atoms with Gasteiger partial charge in [0.15, 0.2) is 5.11 Å². The maximum absolute atomic E-state index is 12.6. The Morgan fingerprint density at radius 2 is 1.59 bits per heavy atom. The summed E-state index contributed by atoms with van der Waals surface area (Å²) in [5, 5.41) is 8.78. The molecule has 3 aromatic carbocycles. The van der Waals surface area contributed by atoms with Gasteiger partial charge in [0.2, 0.25) is 0 Å². The SMILES string of the molecule is CCC(C)Oc1cccc(C(=O)NC(=S)Nc2ccc(C(=O)NC(C)c3ccccc3)cc2)c1. The summed E-state index contributed by atoms with van der Waals surface area (Å²) in [6.07, 6.45) is 0.935. The van der Waals surface area contributed by atoms with Gasteiger partial charge in [-0.05, 0) is 80.5 Å². The minimum absolute atomic E-state index is 0.0626. The topological polar surface area (TPSA) is 79.5 Å². The summed E-state index contributed by atoms with van der Waals surface area (Å²) in [7, 11) is 0. The van der Waals surface area contributed by atoms with Gasteiger partial charge in [0.1, 0.15) is 5.75 Å². The number of thiocarbonyl (C=S) groups is 1. The monoisotopic (exact) mass is 475 g/mol. The van der Waals surface area contributed by atoms with Crippen molar-refractivity contribution in [2.45, 2.75) is 39.3 Å². The summed E-state index contributed by atoms with van der Waals surface area (Å²) < 4.78 is 5.77. The second-order valence-corrected chi connectivity index (χ2v) is 8.36. The lowest BCUT2D eigenvalue weighted by molar-refractivity contribution is 0.0938. The molecule has 0 aliphatic carbocycles. The molecule has 0 aliphatic heterocycles. The highest BCUT2D eigenvalue weighted by Crippen LogP contribution is 2.17. The van der Waals surface area contributed by atoms with Crippen LogP contribution in [0.15, 0.2) is 78.9 Å². The van der Waals surface area contributed by atoms with E-state index in [9.17, 15) is 9.59 Å². The van der Waals surface area contributed by atoms with Crippen molar-refractivity contribution < 1.29 is 14.3 Å². The fourth-order valence-electron chi connectivity index (χ4n) is 3.17.